The molecule has 21 heavy (non-hydrogen) atoms. The molecule has 0 radical (unpaired) electrons. The fourth-order valence-electron chi connectivity index (χ4n) is 2.09. The first kappa shape index (κ1) is 13.0. The van der Waals surface area contributed by atoms with Crippen molar-refractivity contribution in [2.75, 3.05) is 7.11 Å². The van der Waals surface area contributed by atoms with Crippen molar-refractivity contribution in [2.45, 2.75) is 0 Å². The van der Waals surface area contributed by atoms with Crippen LogP contribution in [-0.4, -0.2) is 16.8 Å². The molecule has 0 amide bonds. The van der Waals surface area contributed by atoms with E-state index in [-0.39, 0.29) is 16.7 Å². The van der Waals surface area contributed by atoms with Crippen LogP contribution in [0.1, 0.15) is 0 Å². The zero-order chi connectivity index (χ0) is 15.0. The number of para-hydroxylation sites is 1. The number of phenolic OH excluding ortho intramolecular Hbond substituents is 1. The highest BCUT2D eigenvalue weighted by Crippen LogP contribution is 2.20. The SMILES string of the molecule is COc1ccc(-n2c(=O)oc3c(O)cccc3c2=O)cc1. The predicted octanol–water partition coefficient (Wildman–Crippen LogP) is 1.66. The molecule has 0 spiro atoms. The number of aromatic hydroxyl groups is 1. The minimum absolute atomic E-state index is 0.114. The maximum absolute atomic E-state index is 12.4. The van der Waals surface area contributed by atoms with Gasteiger partial charge in [-0.15, -0.1) is 0 Å². The summed E-state index contributed by atoms with van der Waals surface area (Å²) in [5.74, 6) is -0.502. The van der Waals surface area contributed by atoms with Gasteiger partial charge in [0.15, 0.2) is 11.3 Å². The normalized spacial score (nSPS) is 10.7. The molecule has 3 rings (SSSR count). The molecule has 0 bridgehead atoms. The maximum atomic E-state index is 12.4. The van der Waals surface area contributed by atoms with E-state index in [2.05, 4.69) is 0 Å². The molecule has 1 aromatic heterocycles. The molecule has 1 N–H and O–H groups in total. The summed E-state index contributed by atoms with van der Waals surface area (Å²) >= 11 is 0. The smallest absolute Gasteiger partial charge is 0.427 e. The van der Waals surface area contributed by atoms with E-state index in [9.17, 15) is 14.7 Å². The van der Waals surface area contributed by atoms with Crippen molar-refractivity contribution < 1.29 is 14.3 Å². The van der Waals surface area contributed by atoms with Gasteiger partial charge in [0.1, 0.15) is 5.75 Å². The topological polar surface area (TPSA) is 81.7 Å². The molecule has 3 aromatic rings. The van der Waals surface area contributed by atoms with Gasteiger partial charge in [0.05, 0.1) is 18.2 Å². The summed E-state index contributed by atoms with van der Waals surface area (Å²) in [5.41, 5.74) is -0.306. The molecule has 2 aromatic carbocycles. The molecule has 0 atom stereocenters. The molecule has 106 valence electrons. The van der Waals surface area contributed by atoms with Gasteiger partial charge in [-0.1, -0.05) is 6.07 Å². The zero-order valence-electron chi connectivity index (χ0n) is 11.1. The summed E-state index contributed by atoms with van der Waals surface area (Å²) in [5, 5.41) is 9.78. The van der Waals surface area contributed by atoms with Crippen molar-refractivity contribution in [3.05, 3.63) is 63.4 Å². The van der Waals surface area contributed by atoms with Crippen LogP contribution in [0.5, 0.6) is 11.5 Å². The fraction of sp³-hybridized carbons (Fsp3) is 0.0667. The Kier molecular flexibility index (Phi) is 2.98. The summed E-state index contributed by atoms with van der Waals surface area (Å²) in [4.78, 5) is 24.4. The third-order valence-corrected chi connectivity index (χ3v) is 3.13. The van der Waals surface area contributed by atoms with Crippen molar-refractivity contribution in [3.8, 4) is 17.2 Å². The minimum atomic E-state index is -0.862. The van der Waals surface area contributed by atoms with E-state index in [0.717, 1.165) is 4.57 Å². The molecule has 0 fully saturated rings. The molecule has 0 aliphatic rings. The summed E-state index contributed by atoms with van der Waals surface area (Å²) < 4.78 is 11.0. The Balaban J connectivity index is 2.32. The van der Waals surface area contributed by atoms with E-state index in [1.54, 1.807) is 24.3 Å². The van der Waals surface area contributed by atoms with Crippen LogP contribution in [0.25, 0.3) is 16.7 Å². The van der Waals surface area contributed by atoms with E-state index in [1.165, 1.54) is 25.3 Å². The lowest BCUT2D eigenvalue weighted by molar-refractivity contribution is 0.414. The van der Waals surface area contributed by atoms with Crippen LogP contribution in [0.2, 0.25) is 0 Å². The Bertz CT molecular complexity index is 921. The third-order valence-electron chi connectivity index (χ3n) is 3.13. The molecular formula is C15H11NO5. The molecule has 0 unspecified atom stereocenters. The van der Waals surface area contributed by atoms with Gasteiger partial charge in [-0.2, -0.15) is 0 Å². The Morgan fingerprint density at radius 3 is 2.48 bits per heavy atom. The highest BCUT2D eigenvalue weighted by molar-refractivity contribution is 5.81. The Morgan fingerprint density at radius 1 is 1.10 bits per heavy atom. The van der Waals surface area contributed by atoms with Crippen molar-refractivity contribution in [2.24, 2.45) is 0 Å². The molecule has 0 aliphatic heterocycles. The third kappa shape index (κ3) is 2.06. The monoisotopic (exact) mass is 285 g/mol. The average Bonchev–Trinajstić information content (AvgIpc) is 2.49. The molecule has 0 saturated heterocycles. The fourth-order valence-corrected chi connectivity index (χ4v) is 2.09. The van der Waals surface area contributed by atoms with Crippen LogP contribution in [0, 0.1) is 0 Å². The van der Waals surface area contributed by atoms with Gasteiger partial charge < -0.3 is 14.3 Å². The highest BCUT2D eigenvalue weighted by atomic mass is 16.5. The van der Waals surface area contributed by atoms with Crippen LogP contribution in [0.3, 0.4) is 0 Å². The second kappa shape index (κ2) is 4.82. The van der Waals surface area contributed by atoms with Gasteiger partial charge in [-0.25, -0.2) is 9.36 Å². The zero-order valence-corrected chi connectivity index (χ0v) is 11.1. The first-order valence-corrected chi connectivity index (χ1v) is 6.14. The van der Waals surface area contributed by atoms with Crippen LogP contribution in [0.15, 0.2) is 56.5 Å². The number of aromatic nitrogens is 1. The lowest BCUT2D eigenvalue weighted by atomic mass is 10.2. The van der Waals surface area contributed by atoms with Gasteiger partial charge in [-0.3, -0.25) is 4.79 Å². The Morgan fingerprint density at radius 2 is 1.81 bits per heavy atom. The standard InChI is InChI=1S/C15H11NO5/c1-20-10-7-5-9(6-8-10)16-14(18)11-3-2-4-12(17)13(11)21-15(16)19/h2-8,17H,1H3. The predicted molar refractivity (Wildman–Crippen MR) is 76.3 cm³/mol. The number of benzene rings is 2. The Labute approximate surface area is 118 Å². The summed E-state index contributed by atoms with van der Waals surface area (Å²) in [6.45, 7) is 0. The number of hydrogen-bond donors (Lipinski definition) is 1. The first-order valence-electron chi connectivity index (χ1n) is 6.14. The number of ether oxygens (including phenoxy) is 1. The largest absolute Gasteiger partial charge is 0.504 e. The second-order valence-electron chi connectivity index (χ2n) is 4.36. The highest BCUT2D eigenvalue weighted by Gasteiger charge is 2.13. The van der Waals surface area contributed by atoms with Gasteiger partial charge in [0.2, 0.25) is 0 Å². The molecular weight excluding hydrogens is 274 g/mol. The van der Waals surface area contributed by atoms with Crippen LogP contribution >= 0.6 is 0 Å². The van der Waals surface area contributed by atoms with Gasteiger partial charge in [-0.05, 0) is 36.4 Å². The van der Waals surface area contributed by atoms with Crippen molar-refractivity contribution >= 4 is 11.0 Å². The average molecular weight is 285 g/mol. The number of rotatable bonds is 2. The van der Waals surface area contributed by atoms with Gasteiger partial charge in [0, 0.05) is 0 Å². The molecule has 0 aliphatic carbocycles. The second-order valence-corrected chi connectivity index (χ2v) is 4.36. The molecule has 1 heterocycles. The van der Waals surface area contributed by atoms with E-state index in [4.69, 9.17) is 9.15 Å². The quantitative estimate of drug-likeness (QED) is 0.774. The van der Waals surface area contributed by atoms with E-state index in [0.29, 0.717) is 11.4 Å². The lowest BCUT2D eigenvalue weighted by Crippen LogP contribution is -2.30. The first-order chi connectivity index (χ1) is 10.1. The number of methoxy groups -OCH3 is 1. The molecule has 0 saturated carbocycles. The van der Waals surface area contributed by atoms with E-state index in [1.807, 2.05) is 0 Å². The van der Waals surface area contributed by atoms with E-state index < -0.39 is 11.3 Å². The lowest BCUT2D eigenvalue weighted by Gasteiger charge is -2.06. The maximum Gasteiger partial charge on any atom is 0.427 e. The van der Waals surface area contributed by atoms with Gasteiger partial charge in [0.25, 0.3) is 5.56 Å². The van der Waals surface area contributed by atoms with Crippen LogP contribution < -0.4 is 16.1 Å². The number of fused-ring (bicyclic) bond motifs is 1. The number of nitrogens with zero attached hydrogens (tertiary/aromatic N) is 1. The number of phenols is 1. The van der Waals surface area contributed by atoms with Crippen molar-refractivity contribution in [1.29, 1.82) is 0 Å². The van der Waals surface area contributed by atoms with Crippen LogP contribution in [0.4, 0.5) is 0 Å². The Hall–Kier alpha value is -3.02. The van der Waals surface area contributed by atoms with Crippen molar-refractivity contribution in [3.63, 3.8) is 0 Å². The van der Waals surface area contributed by atoms with E-state index >= 15 is 0 Å². The van der Waals surface area contributed by atoms with Crippen molar-refractivity contribution in [1.82, 2.24) is 4.57 Å². The summed E-state index contributed by atoms with van der Waals surface area (Å²) in [6, 6.07) is 10.8. The minimum Gasteiger partial charge on any atom is -0.504 e. The number of hydrogen-bond acceptors (Lipinski definition) is 5. The summed E-state index contributed by atoms with van der Waals surface area (Å²) in [6.07, 6.45) is 0. The molecule has 6 heteroatoms. The van der Waals surface area contributed by atoms with Crippen LogP contribution in [-0.2, 0) is 0 Å². The van der Waals surface area contributed by atoms with Gasteiger partial charge >= 0.3 is 5.76 Å². The molecule has 6 nitrogen and oxygen atoms in total. The summed E-state index contributed by atoms with van der Waals surface area (Å²) in [7, 11) is 1.52.